The van der Waals surface area contributed by atoms with Crippen molar-refractivity contribution in [3.8, 4) is 0 Å². The Hall–Kier alpha value is -1.45. The molecule has 3 rings (SSSR count). The van der Waals surface area contributed by atoms with Crippen molar-refractivity contribution in [1.82, 2.24) is 0 Å². The minimum Gasteiger partial charge on any atom is -0.510 e. The quantitative estimate of drug-likeness (QED) is 0.793. The molecule has 0 aromatic heterocycles. The highest BCUT2D eigenvalue weighted by Crippen LogP contribution is 2.40. The molecule has 0 fully saturated rings. The van der Waals surface area contributed by atoms with Crippen LogP contribution >= 0.6 is 27.5 Å². The van der Waals surface area contributed by atoms with E-state index in [1.54, 1.807) is 0 Å². The van der Waals surface area contributed by atoms with Crippen LogP contribution in [-0.2, 0) is 0 Å². The monoisotopic (exact) mass is 349 g/mol. The van der Waals surface area contributed by atoms with Gasteiger partial charge in [0.05, 0.1) is 6.54 Å². The molecule has 2 nitrogen and oxygen atoms in total. The topological polar surface area (TPSA) is 23.5 Å². The molecule has 0 spiro atoms. The van der Waals surface area contributed by atoms with Crippen molar-refractivity contribution in [2.75, 3.05) is 18.5 Å². The molecule has 0 saturated carbocycles. The van der Waals surface area contributed by atoms with E-state index in [1.165, 1.54) is 0 Å². The van der Waals surface area contributed by atoms with E-state index in [0.29, 0.717) is 17.3 Å². The summed E-state index contributed by atoms with van der Waals surface area (Å²) >= 11 is 9.79. The summed E-state index contributed by atoms with van der Waals surface area (Å²) in [5.41, 5.74) is 3.74. The van der Waals surface area contributed by atoms with Crippen molar-refractivity contribution < 1.29 is 5.11 Å². The van der Waals surface area contributed by atoms with E-state index in [9.17, 15) is 5.11 Å². The molecule has 102 valence electrons. The first-order valence-corrected chi connectivity index (χ1v) is 7.43. The molecule has 4 heteroatoms. The van der Waals surface area contributed by atoms with Crippen molar-refractivity contribution in [2.24, 2.45) is 0 Å². The Morgan fingerprint density at radius 1 is 1.15 bits per heavy atom. The molecule has 0 amide bonds. The van der Waals surface area contributed by atoms with Gasteiger partial charge in [-0.2, -0.15) is 0 Å². The van der Waals surface area contributed by atoms with E-state index < -0.39 is 0 Å². The van der Waals surface area contributed by atoms with Crippen LogP contribution in [0.4, 0.5) is 5.69 Å². The molecular formula is C16H13BrClNO. The summed E-state index contributed by atoms with van der Waals surface area (Å²) in [6.45, 7) is 0.481. The maximum atomic E-state index is 10.4. The van der Waals surface area contributed by atoms with Gasteiger partial charge in [-0.1, -0.05) is 45.7 Å². The second-order valence-corrected chi connectivity index (χ2v) is 6.14. The highest BCUT2D eigenvalue weighted by atomic mass is 79.9. The number of aliphatic hydroxyl groups excluding tert-OH is 1. The molecule has 2 aromatic carbocycles. The van der Waals surface area contributed by atoms with Gasteiger partial charge in [0.25, 0.3) is 0 Å². The second-order valence-electron chi connectivity index (χ2n) is 4.82. The SMILES string of the molecule is CN1CC(O)=C(c2ccccc2Cl)c2cc(Br)ccc21. The summed E-state index contributed by atoms with van der Waals surface area (Å²) in [5.74, 6) is 0.339. The van der Waals surface area contributed by atoms with Crippen LogP contribution in [0.5, 0.6) is 0 Å². The van der Waals surface area contributed by atoms with Crippen LogP contribution in [0, 0.1) is 0 Å². The highest BCUT2D eigenvalue weighted by molar-refractivity contribution is 9.10. The Morgan fingerprint density at radius 2 is 1.90 bits per heavy atom. The van der Waals surface area contributed by atoms with Gasteiger partial charge in [-0.25, -0.2) is 0 Å². The number of rotatable bonds is 1. The molecule has 1 aliphatic rings. The van der Waals surface area contributed by atoms with Gasteiger partial charge in [0.1, 0.15) is 5.76 Å². The van der Waals surface area contributed by atoms with Gasteiger partial charge in [-0.05, 0) is 24.3 Å². The smallest absolute Gasteiger partial charge is 0.120 e. The van der Waals surface area contributed by atoms with Crippen LogP contribution in [0.25, 0.3) is 5.57 Å². The number of hydrogen-bond donors (Lipinski definition) is 1. The Morgan fingerprint density at radius 3 is 2.65 bits per heavy atom. The van der Waals surface area contributed by atoms with Crippen LogP contribution in [0.3, 0.4) is 0 Å². The van der Waals surface area contributed by atoms with Crippen LogP contribution < -0.4 is 4.90 Å². The van der Waals surface area contributed by atoms with Crippen molar-refractivity contribution >= 4 is 38.8 Å². The molecule has 2 aromatic rings. The number of likely N-dealkylation sites (N-methyl/N-ethyl adjacent to an activating group) is 1. The van der Waals surface area contributed by atoms with Crippen molar-refractivity contribution in [1.29, 1.82) is 0 Å². The zero-order valence-corrected chi connectivity index (χ0v) is 13.2. The normalized spacial score (nSPS) is 14.4. The number of halogens is 2. The number of nitrogens with zero attached hydrogens (tertiary/aromatic N) is 1. The Bertz CT molecular complexity index is 711. The first kappa shape index (κ1) is 13.5. The van der Waals surface area contributed by atoms with Gasteiger partial charge >= 0.3 is 0 Å². The van der Waals surface area contributed by atoms with Crippen LogP contribution in [0.2, 0.25) is 5.02 Å². The number of fused-ring (bicyclic) bond motifs is 1. The Balaban J connectivity index is 2.28. The zero-order valence-electron chi connectivity index (χ0n) is 10.9. The van der Waals surface area contributed by atoms with Crippen molar-refractivity contribution in [3.63, 3.8) is 0 Å². The molecule has 0 radical (unpaired) electrons. The lowest BCUT2D eigenvalue weighted by Gasteiger charge is -2.30. The Kier molecular flexibility index (Phi) is 3.48. The lowest BCUT2D eigenvalue weighted by Crippen LogP contribution is -2.26. The maximum absolute atomic E-state index is 10.4. The van der Waals surface area contributed by atoms with E-state index in [0.717, 1.165) is 26.9 Å². The molecule has 0 unspecified atom stereocenters. The van der Waals surface area contributed by atoms with Gasteiger partial charge < -0.3 is 10.0 Å². The first-order valence-electron chi connectivity index (χ1n) is 6.26. The standard InChI is InChI=1S/C16H13BrClNO/c1-19-9-15(20)16(11-4-2-3-5-13(11)18)12-8-10(17)6-7-14(12)19/h2-8,20H,9H2,1H3. The van der Waals surface area contributed by atoms with Gasteiger partial charge in [0.15, 0.2) is 0 Å². The van der Waals surface area contributed by atoms with Gasteiger partial charge in [0, 0.05) is 38.9 Å². The lowest BCUT2D eigenvalue weighted by molar-refractivity contribution is 0.402. The van der Waals surface area contributed by atoms with Crippen LogP contribution in [0.1, 0.15) is 11.1 Å². The number of aliphatic hydroxyl groups is 1. The van der Waals surface area contributed by atoms with Gasteiger partial charge in [-0.15, -0.1) is 0 Å². The molecular weight excluding hydrogens is 338 g/mol. The molecule has 1 aliphatic heterocycles. The molecule has 20 heavy (non-hydrogen) atoms. The molecule has 0 atom stereocenters. The minimum absolute atomic E-state index is 0.339. The van der Waals surface area contributed by atoms with Gasteiger partial charge in [0.2, 0.25) is 0 Å². The maximum Gasteiger partial charge on any atom is 0.120 e. The fourth-order valence-corrected chi connectivity index (χ4v) is 3.14. The third-order valence-electron chi connectivity index (χ3n) is 3.46. The fraction of sp³-hybridized carbons (Fsp3) is 0.125. The molecule has 0 bridgehead atoms. The lowest BCUT2D eigenvalue weighted by atomic mass is 9.92. The second kappa shape index (κ2) is 5.15. The number of benzene rings is 2. The van der Waals surface area contributed by atoms with Gasteiger partial charge in [-0.3, -0.25) is 0 Å². The third-order valence-corrected chi connectivity index (χ3v) is 4.28. The summed E-state index contributed by atoms with van der Waals surface area (Å²) < 4.78 is 0.976. The molecule has 0 saturated heterocycles. The largest absolute Gasteiger partial charge is 0.510 e. The van der Waals surface area contributed by atoms with E-state index in [-0.39, 0.29) is 0 Å². The van der Waals surface area contributed by atoms with Crippen molar-refractivity contribution in [2.45, 2.75) is 0 Å². The van der Waals surface area contributed by atoms with E-state index >= 15 is 0 Å². The average molecular weight is 351 g/mol. The molecule has 0 aliphatic carbocycles. The minimum atomic E-state index is 0.339. The van der Waals surface area contributed by atoms with Crippen molar-refractivity contribution in [3.05, 3.63) is 68.8 Å². The summed E-state index contributed by atoms with van der Waals surface area (Å²) in [6.07, 6.45) is 0. The van der Waals surface area contributed by atoms with Crippen LogP contribution in [0.15, 0.2) is 52.7 Å². The average Bonchev–Trinajstić information content (AvgIpc) is 2.40. The summed E-state index contributed by atoms with van der Waals surface area (Å²) in [6, 6.07) is 13.7. The van der Waals surface area contributed by atoms with E-state index in [2.05, 4.69) is 15.9 Å². The number of anilines is 1. The van der Waals surface area contributed by atoms with Crippen LogP contribution in [-0.4, -0.2) is 18.7 Å². The molecule has 1 N–H and O–H groups in total. The summed E-state index contributed by atoms with van der Waals surface area (Å²) in [5, 5.41) is 11.1. The fourth-order valence-electron chi connectivity index (χ4n) is 2.55. The Labute approximate surface area is 131 Å². The summed E-state index contributed by atoms with van der Waals surface area (Å²) in [4.78, 5) is 2.03. The van der Waals surface area contributed by atoms with E-state index in [1.807, 2.05) is 54.4 Å². The zero-order chi connectivity index (χ0) is 14.3. The summed E-state index contributed by atoms with van der Waals surface area (Å²) in [7, 11) is 1.96. The predicted molar refractivity (Wildman–Crippen MR) is 87.5 cm³/mol. The third kappa shape index (κ3) is 2.21. The highest BCUT2D eigenvalue weighted by Gasteiger charge is 2.24. The predicted octanol–water partition coefficient (Wildman–Crippen LogP) is 4.87. The van der Waals surface area contributed by atoms with E-state index in [4.69, 9.17) is 11.6 Å². The molecule has 1 heterocycles. The first-order chi connectivity index (χ1) is 9.58. The number of hydrogen-bond acceptors (Lipinski definition) is 2.